The normalized spacial score (nSPS) is 18.5. The minimum atomic E-state index is -4.47. The Bertz CT molecular complexity index is 475. The molecule has 1 aliphatic heterocycles. The van der Waals surface area contributed by atoms with Gasteiger partial charge in [0.15, 0.2) is 0 Å². The summed E-state index contributed by atoms with van der Waals surface area (Å²) in [5.41, 5.74) is 5.21. The second kappa shape index (κ2) is 6.48. The van der Waals surface area contributed by atoms with E-state index in [-0.39, 0.29) is 17.4 Å². The number of nitrogen functional groups attached to an aromatic ring is 1. The molecule has 1 unspecified atom stereocenters. The van der Waals surface area contributed by atoms with Crippen LogP contribution in [0.3, 0.4) is 0 Å². The number of hydrogen-bond acceptors (Lipinski definition) is 5. The first kappa shape index (κ1) is 15.8. The van der Waals surface area contributed by atoms with Crippen LogP contribution in [0, 0.1) is 0 Å². The Balaban J connectivity index is 2.00. The van der Waals surface area contributed by atoms with Crippen molar-refractivity contribution in [1.29, 1.82) is 0 Å². The van der Waals surface area contributed by atoms with Gasteiger partial charge >= 0.3 is 6.18 Å². The van der Waals surface area contributed by atoms with E-state index in [0.717, 1.165) is 25.4 Å². The molecule has 118 valence electrons. The maximum absolute atomic E-state index is 12.7. The van der Waals surface area contributed by atoms with Crippen molar-refractivity contribution >= 4 is 11.4 Å². The van der Waals surface area contributed by atoms with E-state index >= 15 is 0 Å². The van der Waals surface area contributed by atoms with E-state index in [1.54, 1.807) is 0 Å². The van der Waals surface area contributed by atoms with Gasteiger partial charge in [-0.3, -0.25) is 4.90 Å². The van der Waals surface area contributed by atoms with Crippen LogP contribution in [0.4, 0.5) is 24.5 Å². The van der Waals surface area contributed by atoms with Gasteiger partial charge in [0.25, 0.3) is 0 Å². The molecule has 1 aliphatic rings. The van der Waals surface area contributed by atoms with E-state index in [1.165, 1.54) is 0 Å². The molecule has 0 spiro atoms. The van der Waals surface area contributed by atoms with Crippen LogP contribution in [0.5, 0.6) is 0 Å². The Morgan fingerprint density at radius 2 is 2.10 bits per heavy atom. The van der Waals surface area contributed by atoms with Gasteiger partial charge in [0.2, 0.25) is 0 Å². The summed E-state index contributed by atoms with van der Waals surface area (Å²) in [5.74, 6) is 0. The molecule has 1 fully saturated rings. The fraction of sp³-hybridized carbons (Fsp3) is 0.615. The first-order chi connectivity index (χ1) is 9.86. The first-order valence-electron chi connectivity index (χ1n) is 6.75. The molecule has 0 saturated carbocycles. The second-order valence-corrected chi connectivity index (χ2v) is 5.11. The molecule has 8 heteroatoms. The number of hydrogen-bond donors (Lipinski definition) is 2. The standard InChI is InChI=1S/C13H19F3N4O/c1-9(8-20-2-4-21-5-3-20)19-11-6-12(13(14,15)16)18-7-10(11)17/h6-7,9H,2-5,8,17H2,1H3,(H,18,19). The summed E-state index contributed by atoms with van der Waals surface area (Å²) in [4.78, 5) is 5.51. The summed E-state index contributed by atoms with van der Waals surface area (Å²) in [6, 6.07) is 0.916. The summed E-state index contributed by atoms with van der Waals surface area (Å²) in [6.45, 7) is 5.64. The van der Waals surface area contributed by atoms with Crippen LogP contribution >= 0.6 is 0 Å². The molecular weight excluding hydrogens is 285 g/mol. The number of nitrogens with one attached hydrogen (secondary N) is 1. The largest absolute Gasteiger partial charge is 0.433 e. The van der Waals surface area contributed by atoms with Crippen LogP contribution in [-0.4, -0.2) is 48.8 Å². The van der Waals surface area contributed by atoms with Gasteiger partial charge < -0.3 is 15.8 Å². The molecule has 0 radical (unpaired) electrons. The minimum absolute atomic E-state index is 0.0334. The third kappa shape index (κ3) is 4.47. The Morgan fingerprint density at radius 3 is 2.71 bits per heavy atom. The molecule has 5 nitrogen and oxygen atoms in total. The number of alkyl halides is 3. The van der Waals surface area contributed by atoms with Gasteiger partial charge in [0, 0.05) is 25.7 Å². The van der Waals surface area contributed by atoms with Crippen molar-refractivity contribution in [1.82, 2.24) is 9.88 Å². The van der Waals surface area contributed by atoms with Crippen molar-refractivity contribution in [2.75, 3.05) is 43.9 Å². The summed E-state index contributed by atoms with van der Waals surface area (Å²) < 4.78 is 43.2. The molecule has 0 bridgehead atoms. The number of halogens is 3. The van der Waals surface area contributed by atoms with Crippen LogP contribution in [0.1, 0.15) is 12.6 Å². The fourth-order valence-corrected chi connectivity index (χ4v) is 2.23. The van der Waals surface area contributed by atoms with Crippen molar-refractivity contribution in [2.45, 2.75) is 19.1 Å². The van der Waals surface area contributed by atoms with E-state index in [2.05, 4.69) is 15.2 Å². The SMILES string of the molecule is CC(CN1CCOCC1)Nc1cc(C(F)(F)F)ncc1N. The van der Waals surface area contributed by atoms with E-state index in [1.807, 2.05) is 6.92 Å². The highest BCUT2D eigenvalue weighted by molar-refractivity contribution is 5.65. The van der Waals surface area contributed by atoms with Gasteiger partial charge in [-0.15, -0.1) is 0 Å². The smallest absolute Gasteiger partial charge is 0.396 e. The average Bonchev–Trinajstić information content (AvgIpc) is 2.41. The Morgan fingerprint density at radius 1 is 1.43 bits per heavy atom. The minimum Gasteiger partial charge on any atom is -0.396 e. The highest BCUT2D eigenvalue weighted by Crippen LogP contribution is 2.31. The lowest BCUT2D eigenvalue weighted by atomic mass is 10.2. The quantitative estimate of drug-likeness (QED) is 0.888. The number of morpholine rings is 1. The fourth-order valence-electron chi connectivity index (χ4n) is 2.23. The van der Waals surface area contributed by atoms with Crippen molar-refractivity contribution < 1.29 is 17.9 Å². The highest BCUT2D eigenvalue weighted by Gasteiger charge is 2.33. The summed E-state index contributed by atoms with van der Waals surface area (Å²) in [7, 11) is 0. The van der Waals surface area contributed by atoms with Gasteiger partial charge in [-0.05, 0) is 13.0 Å². The van der Waals surface area contributed by atoms with Crippen LogP contribution in [0.15, 0.2) is 12.3 Å². The lowest BCUT2D eigenvalue weighted by Crippen LogP contribution is -2.42. The van der Waals surface area contributed by atoms with Crippen LogP contribution < -0.4 is 11.1 Å². The molecule has 0 aromatic carbocycles. The van der Waals surface area contributed by atoms with Crippen molar-refractivity contribution in [2.24, 2.45) is 0 Å². The Hall–Kier alpha value is -1.54. The average molecular weight is 304 g/mol. The van der Waals surface area contributed by atoms with Gasteiger partial charge in [-0.1, -0.05) is 0 Å². The molecular formula is C13H19F3N4O. The van der Waals surface area contributed by atoms with Crippen molar-refractivity contribution in [3.05, 3.63) is 18.0 Å². The zero-order chi connectivity index (χ0) is 15.5. The summed E-state index contributed by atoms with van der Waals surface area (Å²) in [6.07, 6.45) is -3.44. The molecule has 0 aliphatic carbocycles. The zero-order valence-corrected chi connectivity index (χ0v) is 11.8. The predicted octanol–water partition coefficient (Wildman–Crippen LogP) is 1.82. The van der Waals surface area contributed by atoms with Crippen LogP contribution in [-0.2, 0) is 10.9 Å². The van der Waals surface area contributed by atoms with E-state index in [4.69, 9.17) is 10.5 Å². The molecule has 1 aromatic rings. The summed E-state index contributed by atoms with van der Waals surface area (Å²) in [5, 5.41) is 3.02. The molecule has 0 amide bonds. The Labute approximate surface area is 121 Å². The number of nitrogens with zero attached hydrogens (tertiary/aromatic N) is 2. The molecule has 1 aromatic heterocycles. The first-order valence-corrected chi connectivity index (χ1v) is 6.75. The zero-order valence-electron chi connectivity index (χ0n) is 11.8. The second-order valence-electron chi connectivity index (χ2n) is 5.11. The highest BCUT2D eigenvalue weighted by atomic mass is 19.4. The number of ether oxygens (including phenoxy) is 1. The van der Waals surface area contributed by atoms with Gasteiger partial charge in [0.05, 0.1) is 30.8 Å². The number of nitrogens with two attached hydrogens (primary N) is 1. The molecule has 1 atom stereocenters. The van der Waals surface area contributed by atoms with E-state index in [9.17, 15) is 13.2 Å². The van der Waals surface area contributed by atoms with Gasteiger partial charge in [0.1, 0.15) is 5.69 Å². The van der Waals surface area contributed by atoms with Gasteiger partial charge in [-0.2, -0.15) is 13.2 Å². The van der Waals surface area contributed by atoms with Crippen molar-refractivity contribution in [3.8, 4) is 0 Å². The van der Waals surface area contributed by atoms with Crippen molar-refractivity contribution in [3.63, 3.8) is 0 Å². The number of rotatable bonds is 4. The molecule has 2 heterocycles. The van der Waals surface area contributed by atoms with E-state index in [0.29, 0.717) is 19.8 Å². The molecule has 21 heavy (non-hydrogen) atoms. The predicted molar refractivity (Wildman–Crippen MR) is 74.0 cm³/mol. The topological polar surface area (TPSA) is 63.4 Å². The summed E-state index contributed by atoms with van der Waals surface area (Å²) >= 11 is 0. The number of aromatic nitrogens is 1. The van der Waals surface area contributed by atoms with Crippen LogP contribution in [0.2, 0.25) is 0 Å². The molecule has 2 rings (SSSR count). The molecule has 3 N–H and O–H groups in total. The lowest BCUT2D eigenvalue weighted by Gasteiger charge is -2.30. The Kier molecular flexibility index (Phi) is 4.89. The number of pyridine rings is 1. The maximum Gasteiger partial charge on any atom is 0.433 e. The monoisotopic (exact) mass is 304 g/mol. The third-order valence-electron chi connectivity index (χ3n) is 3.26. The maximum atomic E-state index is 12.7. The third-order valence-corrected chi connectivity index (χ3v) is 3.26. The van der Waals surface area contributed by atoms with Gasteiger partial charge in [-0.25, -0.2) is 4.98 Å². The van der Waals surface area contributed by atoms with E-state index < -0.39 is 11.9 Å². The van der Waals surface area contributed by atoms with Crippen LogP contribution in [0.25, 0.3) is 0 Å². The molecule has 1 saturated heterocycles. The number of anilines is 2. The lowest BCUT2D eigenvalue weighted by molar-refractivity contribution is -0.141.